The summed E-state index contributed by atoms with van der Waals surface area (Å²) in [6.07, 6.45) is 8.54. The van der Waals surface area contributed by atoms with E-state index in [4.69, 9.17) is 10.2 Å². The molecule has 2 N–H and O–H groups in total. The van der Waals surface area contributed by atoms with E-state index in [0.29, 0.717) is 18.7 Å². The molecule has 2 aromatic carbocycles. The van der Waals surface area contributed by atoms with Crippen molar-refractivity contribution in [3.63, 3.8) is 0 Å². The molecule has 6 heteroatoms. The predicted octanol–water partition coefficient (Wildman–Crippen LogP) is 6.19. The van der Waals surface area contributed by atoms with Gasteiger partial charge in [-0.15, -0.1) is 0 Å². The van der Waals surface area contributed by atoms with Crippen LogP contribution in [-0.4, -0.2) is 52.5 Å². The highest BCUT2D eigenvalue weighted by molar-refractivity contribution is 6.07. The molecule has 0 fully saturated rings. The van der Waals surface area contributed by atoms with Gasteiger partial charge in [-0.25, -0.2) is 4.79 Å². The first kappa shape index (κ1) is 27.5. The highest BCUT2D eigenvalue weighted by Gasteiger charge is 2.39. The minimum atomic E-state index is -0.981. The molecule has 0 radical (unpaired) electrons. The van der Waals surface area contributed by atoms with Gasteiger partial charge in [-0.3, -0.25) is 14.5 Å². The Labute approximate surface area is 224 Å². The maximum absolute atomic E-state index is 13.4. The Hall–Kier alpha value is -3.51. The van der Waals surface area contributed by atoms with Gasteiger partial charge in [-0.2, -0.15) is 0 Å². The minimum absolute atomic E-state index is 0.0230. The summed E-state index contributed by atoms with van der Waals surface area (Å²) in [5, 5.41) is 18.2. The SMILES string of the molecule is CC1(C)CCC(C)(C)c2c(C3=CCN(CCC(=O)O)CC3)cc(C(=O)C=Cc3ccc(C(=O)O)cc3)cc21. The molecular weight excluding hydrogens is 478 g/mol. The number of aromatic carboxylic acids is 1. The quantitative estimate of drug-likeness (QED) is 0.321. The van der Waals surface area contributed by atoms with Crippen LogP contribution in [-0.2, 0) is 15.6 Å². The molecule has 0 spiro atoms. The van der Waals surface area contributed by atoms with Crippen LogP contribution in [0.15, 0.2) is 48.6 Å². The average molecular weight is 516 g/mol. The van der Waals surface area contributed by atoms with Crippen molar-refractivity contribution >= 4 is 29.4 Å². The topological polar surface area (TPSA) is 94.9 Å². The number of nitrogens with zero attached hydrogens (tertiary/aromatic N) is 1. The molecule has 6 nitrogen and oxygen atoms in total. The van der Waals surface area contributed by atoms with Gasteiger partial charge in [0.25, 0.3) is 0 Å². The summed E-state index contributed by atoms with van der Waals surface area (Å²) in [7, 11) is 0. The van der Waals surface area contributed by atoms with Crippen LogP contribution < -0.4 is 0 Å². The Morgan fingerprint density at radius 2 is 1.63 bits per heavy atom. The number of allylic oxidation sites excluding steroid dienone is 1. The van der Waals surface area contributed by atoms with E-state index in [1.54, 1.807) is 24.3 Å². The van der Waals surface area contributed by atoms with Crippen molar-refractivity contribution in [1.29, 1.82) is 0 Å². The number of aliphatic carboxylic acids is 1. The molecule has 0 saturated heterocycles. The van der Waals surface area contributed by atoms with Gasteiger partial charge in [0, 0.05) is 25.2 Å². The number of ketones is 1. The van der Waals surface area contributed by atoms with Crippen molar-refractivity contribution in [3.8, 4) is 0 Å². The number of carboxylic acids is 2. The summed E-state index contributed by atoms with van der Waals surface area (Å²) in [6.45, 7) is 11.1. The lowest BCUT2D eigenvalue weighted by molar-refractivity contribution is -0.137. The summed E-state index contributed by atoms with van der Waals surface area (Å²) >= 11 is 0. The van der Waals surface area contributed by atoms with Crippen molar-refractivity contribution in [2.75, 3.05) is 19.6 Å². The molecule has 0 saturated carbocycles. The third-order valence-corrected chi connectivity index (χ3v) is 8.07. The molecule has 0 amide bonds. The zero-order valence-electron chi connectivity index (χ0n) is 22.7. The van der Waals surface area contributed by atoms with Crippen molar-refractivity contribution in [3.05, 3.63) is 81.9 Å². The largest absolute Gasteiger partial charge is 0.481 e. The van der Waals surface area contributed by atoms with Gasteiger partial charge in [0.15, 0.2) is 5.78 Å². The molecule has 200 valence electrons. The van der Waals surface area contributed by atoms with E-state index in [9.17, 15) is 14.4 Å². The van der Waals surface area contributed by atoms with E-state index in [1.807, 2.05) is 6.07 Å². The third-order valence-electron chi connectivity index (χ3n) is 8.07. The second-order valence-corrected chi connectivity index (χ2v) is 11.8. The molecular formula is C32H37NO5. The summed E-state index contributed by atoms with van der Waals surface area (Å²) in [4.78, 5) is 37.7. The molecule has 1 aliphatic heterocycles. The first-order valence-electron chi connectivity index (χ1n) is 13.3. The van der Waals surface area contributed by atoms with E-state index < -0.39 is 11.9 Å². The Morgan fingerprint density at radius 1 is 0.947 bits per heavy atom. The van der Waals surface area contributed by atoms with Gasteiger partial charge >= 0.3 is 11.9 Å². The Bertz CT molecular complexity index is 1310. The van der Waals surface area contributed by atoms with E-state index in [0.717, 1.165) is 36.9 Å². The van der Waals surface area contributed by atoms with Gasteiger partial charge in [0.2, 0.25) is 0 Å². The van der Waals surface area contributed by atoms with Crippen LogP contribution in [0.5, 0.6) is 0 Å². The van der Waals surface area contributed by atoms with Crippen LogP contribution in [0.25, 0.3) is 11.6 Å². The second-order valence-electron chi connectivity index (χ2n) is 11.8. The Balaban J connectivity index is 1.71. The van der Waals surface area contributed by atoms with Gasteiger partial charge in [0.1, 0.15) is 0 Å². The fourth-order valence-corrected chi connectivity index (χ4v) is 5.60. The molecule has 1 heterocycles. The van der Waals surface area contributed by atoms with Gasteiger partial charge in [-0.1, -0.05) is 52.0 Å². The van der Waals surface area contributed by atoms with E-state index in [2.05, 4.69) is 44.7 Å². The van der Waals surface area contributed by atoms with Crippen molar-refractivity contribution in [2.24, 2.45) is 0 Å². The second kappa shape index (κ2) is 10.7. The maximum atomic E-state index is 13.4. The number of rotatable bonds is 8. The lowest BCUT2D eigenvalue weighted by atomic mass is 9.61. The number of carbonyl (C=O) groups is 3. The fourth-order valence-electron chi connectivity index (χ4n) is 5.60. The maximum Gasteiger partial charge on any atom is 0.335 e. The highest BCUT2D eigenvalue weighted by atomic mass is 16.4. The number of carboxylic acid groups (broad SMARTS) is 2. The first-order valence-corrected chi connectivity index (χ1v) is 13.3. The predicted molar refractivity (Wildman–Crippen MR) is 150 cm³/mol. The van der Waals surface area contributed by atoms with E-state index in [1.165, 1.54) is 28.8 Å². The summed E-state index contributed by atoms with van der Waals surface area (Å²) in [5.74, 6) is -1.85. The van der Waals surface area contributed by atoms with Gasteiger partial charge in [0.05, 0.1) is 12.0 Å². The van der Waals surface area contributed by atoms with E-state index >= 15 is 0 Å². The molecule has 0 aromatic heterocycles. The molecule has 0 bridgehead atoms. The van der Waals surface area contributed by atoms with Crippen molar-refractivity contribution in [1.82, 2.24) is 4.90 Å². The van der Waals surface area contributed by atoms with Crippen LogP contribution in [0.2, 0.25) is 0 Å². The lowest BCUT2D eigenvalue weighted by Gasteiger charge is -2.44. The average Bonchev–Trinajstić information content (AvgIpc) is 2.88. The molecule has 38 heavy (non-hydrogen) atoms. The van der Waals surface area contributed by atoms with Crippen LogP contribution in [0.4, 0.5) is 0 Å². The number of hydrogen-bond acceptors (Lipinski definition) is 4. The molecule has 4 rings (SSSR count). The first-order chi connectivity index (χ1) is 17.9. The minimum Gasteiger partial charge on any atom is -0.481 e. The lowest BCUT2D eigenvalue weighted by Crippen LogP contribution is -2.36. The number of carbonyl (C=O) groups excluding carboxylic acids is 1. The van der Waals surface area contributed by atoms with Gasteiger partial charge < -0.3 is 10.2 Å². The summed E-state index contributed by atoms with van der Waals surface area (Å²) < 4.78 is 0. The van der Waals surface area contributed by atoms with Crippen LogP contribution in [0.1, 0.15) is 96.3 Å². The standard InChI is InChI=1S/C32H37NO5/c1-31(2)14-15-32(3,4)29-25(22-11-16-33(17-12-22)18-13-28(35)36)19-24(20-26(29)31)27(34)10-7-21-5-8-23(9-6-21)30(37)38/h5-11,19-20H,12-18H2,1-4H3,(H,35,36)(H,37,38). The zero-order chi connectivity index (χ0) is 27.7. The molecule has 1 aliphatic carbocycles. The molecule has 0 atom stereocenters. The Kier molecular flexibility index (Phi) is 7.75. The number of fused-ring (bicyclic) bond motifs is 1. The number of benzene rings is 2. The molecule has 2 aromatic rings. The smallest absolute Gasteiger partial charge is 0.335 e. The van der Waals surface area contributed by atoms with Crippen molar-refractivity contribution in [2.45, 2.75) is 64.2 Å². The van der Waals surface area contributed by atoms with Crippen LogP contribution in [0, 0.1) is 0 Å². The number of hydrogen-bond donors (Lipinski definition) is 2. The molecule has 0 unspecified atom stereocenters. The third kappa shape index (κ3) is 5.97. The van der Waals surface area contributed by atoms with Gasteiger partial charge in [-0.05, 0) is 88.3 Å². The zero-order valence-corrected chi connectivity index (χ0v) is 22.7. The van der Waals surface area contributed by atoms with E-state index in [-0.39, 0.29) is 28.6 Å². The molecule has 2 aliphatic rings. The Morgan fingerprint density at radius 3 is 2.24 bits per heavy atom. The summed E-state index contributed by atoms with van der Waals surface area (Å²) in [6, 6.07) is 10.6. The normalized spacial score (nSPS) is 18.6. The summed E-state index contributed by atoms with van der Waals surface area (Å²) in [5.41, 5.74) is 6.45. The van der Waals surface area contributed by atoms with Crippen molar-refractivity contribution < 1.29 is 24.6 Å². The van der Waals surface area contributed by atoms with Crippen LogP contribution >= 0.6 is 0 Å². The monoisotopic (exact) mass is 515 g/mol. The fraction of sp³-hybridized carbons (Fsp3) is 0.406. The van der Waals surface area contributed by atoms with Crippen LogP contribution in [0.3, 0.4) is 0 Å². The highest BCUT2D eigenvalue weighted by Crippen LogP contribution is 2.49.